The summed E-state index contributed by atoms with van der Waals surface area (Å²) in [6, 6.07) is 17.2. The first kappa shape index (κ1) is 17.5. The van der Waals surface area contributed by atoms with E-state index in [2.05, 4.69) is 9.97 Å². The van der Waals surface area contributed by atoms with Gasteiger partial charge in [0.05, 0.1) is 11.4 Å². The molecule has 1 aliphatic heterocycles. The van der Waals surface area contributed by atoms with Gasteiger partial charge in [-0.2, -0.15) is 0 Å². The van der Waals surface area contributed by atoms with Gasteiger partial charge in [0.2, 0.25) is 0 Å². The van der Waals surface area contributed by atoms with Gasteiger partial charge in [-0.3, -0.25) is 4.79 Å². The maximum absolute atomic E-state index is 12.6. The number of fused-ring (bicyclic) bond motifs is 1. The minimum absolute atomic E-state index is 0.00309. The van der Waals surface area contributed by atoms with Crippen LogP contribution in [0.1, 0.15) is 16.1 Å². The van der Waals surface area contributed by atoms with Gasteiger partial charge in [0.1, 0.15) is 13.2 Å². The first-order chi connectivity index (χ1) is 13.2. The molecule has 0 N–H and O–H groups in total. The van der Waals surface area contributed by atoms with Gasteiger partial charge in [0.25, 0.3) is 0 Å². The quantitative estimate of drug-likeness (QED) is 0.377. The second kappa shape index (κ2) is 7.80. The number of rotatable bonds is 5. The predicted molar refractivity (Wildman–Crippen MR) is 105 cm³/mol. The van der Waals surface area contributed by atoms with Crippen molar-refractivity contribution in [2.75, 3.05) is 19.0 Å². The molecule has 1 aromatic heterocycles. The lowest BCUT2D eigenvalue weighted by molar-refractivity contribution is 0.102. The van der Waals surface area contributed by atoms with Crippen molar-refractivity contribution in [2.24, 2.45) is 0 Å². The molecule has 0 saturated carbocycles. The van der Waals surface area contributed by atoms with Crippen LogP contribution in [-0.4, -0.2) is 34.7 Å². The number of aryl methyl sites for hydroxylation is 1. The zero-order valence-corrected chi connectivity index (χ0v) is 15.7. The first-order valence-corrected chi connectivity index (χ1v) is 9.64. The molecule has 3 aromatic rings. The van der Waals surface area contributed by atoms with Crippen LogP contribution in [0.4, 0.5) is 0 Å². The zero-order valence-electron chi connectivity index (χ0n) is 14.8. The van der Waals surface area contributed by atoms with E-state index in [4.69, 9.17) is 9.47 Å². The molecule has 27 heavy (non-hydrogen) atoms. The SMILES string of the molecule is Cc1cc(-c2ccccc2)nc(SCC(=O)c2ccc3c(c2)OCCO3)n1. The lowest BCUT2D eigenvalue weighted by Crippen LogP contribution is -2.16. The Balaban J connectivity index is 1.48. The third-order valence-corrected chi connectivity index (χ3v) is 4.95. The maximum atomic E-state index is 12.6. The normalized spacial score (nSPS) is 12.6. The van der Waals surface area contributed by atoms with Crippen LogP contribution in [0.3, 0.4) is 0 Å². The molecule has 2 heterocycles. The van der Waals surface area contributed by atoms with Crippen LogP contribution in [-0.2, 0) is 0 Å². The zero-order chi connectivity index (χ0) is 18.6. The second-order valence-electron chi connectivity index (χ2n) is 6.11. The average molecular weight is 378 g/mol. The van der Waals surface area contributed by atoms with Crippen molar-refractivity contribution in [3.63, 3.8) is 0 Å². The van der Waals surface area contributed by atoms with Gasteiger partial charge in [-0.05, 0) is 31.2 Å². The summed E-state index contributed by atoms with van der Waals surface area (Å²) >= 11 is 1.34. The van der Waals surface area contributed by atoms with E-state index in [1.54, 1.807) is 18.2 Å². The van der Waals surface area contributed by atoms with Crippen molar-refractivity contribution < 1.29 is 14.3 Å². The summed E-state index contributed by atoms with van der Waals surface area (Å²) in [5.41, 5.74) is 3.36. The number of ketones is 1. The van der Waals surface area contributed by atoms with E-state index >= 15 is 0 Å². The minimum atomic E-state index is 0.00309. The van der Waals surface area contributed by atoms with Gasteiger partial charge in [0, 0.05) is 16.8 Å². The largest absolute Gasteiger partial charge is 0.486 e. The number of nitrogens with zero attached hydrogens (tertiary/aromatic N) is 2. The molecule has 0 atom stereocenters. The van der Waals surface area contributed by atoms with Crippen molar-refractivity contribution in [3.05, 3.63) is 65.9 Å². The fourth-order valence-electron chi connectivity index (χ4n) is 2.79. The fourth-order valence-corrected chi connectivity index (χ4v) is 3.59. The number of hydrogen-bond acceptors (Lipinski definition) is 6. The van der Waals surface area contributed by atoms with Gasteiger partial charge in [-0.25, -0.2) is 9.97 Å². The Morgan fingerprint density at radius 1 is 1.00 bits per heavy atom. The highest BCUT2D eigenvalue weighted by Gasteiger charge is 2.16. The topological polar surface area (TPSA) is 61.3 Å². The van der Waals surface area contributed by atoms with Crippen LogP contribution >= 0.6 is 11.8 Å². The molecule has 1 aliphatic rings. The molecule has 6 heteroatoms. The second-order valence-corrected chi connectivity index (χ2v) is 7.06. The maximum Gasteiger partial charge on any atom is 0.188 e. The molecule has 5 nitrogen and oxygen atoms in total. The van der Waals surface area contributed by atoms with E-state index < -0.39 is 0 Å². The van der Waals surface area contributed by atoms with Crippen molar-refractivity contribution in [2.45, 2.75) is 12.1 Å². The van der Waals surface area contributed by atoms with Crippen LogP contribution in [0.15, 0.2) is 59.8 Å². The molecule has 0 bridgehead atoms. The smallest absolute Gasteiger partial charge is 0.188 e. The van der Waals surface area contributed by atoms with Gasteiger partial charge in [-0.15, -0.1) is 0 Å². The predicted octanol–water partition coefficient (Wildman–Crippen LogP) is 4.20. The highest BCUT2D eigenvalue weighted by atomic mass is 32.2. The number of hydrogen-bond donors (Lipinski definition) is 0. The van der Waals surface area contributed by atoms with Crippen LogP contribution in [0.2, 0.25) is 0 Å². The number of Topliss-reactive ketones (excluding diaryl/α,β-unsaturated/α-hetero) is 1. The number of thioether (sulfide) groups is 1. The minimum Gasteiger partial charge on any atom is -0.486 e. The summed E-state index contributed by atoms with van der Waals surface area (Å²) in [4.78, 5) is 21.6. The van der Waals surface area contributed by atoms with Crippen molar-refractivity contribution in [3.8, 4) is 22.8 Å². The summed E-state index contributed by atoms with van der Waals surface area (Å²) in [6.45, 7) is 2.96. The van der Waals surface area contributed by atoms with E-state index in [0.717, 1.165) is 17.0 Å². The third-order valence-electron chi connectivity index (χ3n) is 4.10. The fraction of sp³-hybridized carbons (Fsp3) is 0.190. The average Bonchev–Trinajstić information content (AvgIpc) is 2.72. The van der Waals surface area contributed by atoms with Crippen molar-refractivity contribution >= 4 is 17.5 Å². The molecule has 0 radical (unpaired) electrons. The molecule has 0 aliphatic carbocycles. The highest BCUT2D eigenvalue weighted by molar-refractivity contribution is 7.99. The van der Waals surface area contributed by atoms with Crippen molar-refractivity contribution in [1.29, 1.82) is 0 Å². The van der Waals surface area contributed by atoms with E-state index in [1.807, 2.05) is 43.3 Å². The van der Waals surface area contributed by atoms with E-state index in [-0.39, 0.29) is 11.5 Å². The Morgan fingerprint density at radius 3 is 2.59 bits per heavy atom. The molecule has 4 rings (SSSR count). The molecule has 0 amide bonds. The summed E-state index contributed by atoms with van der Waals surface area (Å²) in [5.74, 6) is 1.57. The molecule has 0 fully saturated rings. The van der Waals surface area contributed by atoms with Crippen LogP contribution in [0, 0.1) is 6.92 Å². The Hall–Kier alpha value is -2.86. The van der Waals surface area contributed by atoms with Gasteiger partial charge >= 0.3 is 0 Å². The summed E-state index contributed by atoms with van der Waals surface area (Å²) in [7, 11) is 0. The van der Waals surface area contributed by atoms with Crippen LogP contribution in [0.5, 0.6) is 11.5 Å². The lowest BCUT2D eigenvalue weighted by atomic mass is 10.1. The number of carbonyl (C=O) groups is 1. The summed E-state index contributed by atoms with van der Waals surface area (Å²) in [6.07, 6.45) is 0. The van der Waals surface area contributed by atoms with E-state index in [1.165, 1.54) is 11.8 Å². The third kappa shape index (κ3) is 4.11. The number of benzene rings is 2. The van der Waals surface area contributed by atoms with Crippen LogP contribution < -0.4 is 9.47 Å². The molecule has 0 unspecified atom stereocenters. The highest BCUT2D eigenvalue weighted by Crippen LogP contribution is 2.31. The Morgan fingerprint density at radius 2 is 1.78 bits per heavy atom. The van der Waals surface area contributed by atoms with Gasteiger partial charge in [-0.1, -0.05) is 42.1 Å². The molecule has 0 saturated heterocycles. The summed E-state index contributed by atoms with van der Waals surface area (Å²) in [5, 5.41) is 0.597. The monoisotopic (exact) mass is 378 g/mol. The first-order valence-electron chi connectivity index (χ1n) is 8.66. The summed E-state index contributed by atoms with van der Waals surface area (Å²) < 4.78 is 11.0. The van der Waals surface area contributed by atoms with Gasteiger partial charge < -0.3 is 9.47 Å². The Bertz CT molecular complexity index is 976. The van der Waals surface area contributed by atoms with E-state index in [0.29, 0.717) is 35.4 Å². The molecular formula is C21H18N2O3S. The molecule has 136 valence electrons. The number of carbonyl (C=O) groups excluding carboxylic acids is 1. The molecule has 2 aromatic carbocycles. The van der Waals surface area contributed by atoms with Gasteiger partial charge in [0.15, 0.2) is 22.4 Å². The number of ether oxygens (including phenoxy) is 2. The molecular weight excluding hydrogens is 360 g/mol. The lowest BCUT2D eigenvalue weighted by Gasteiger charge is -2.18. The van der Waals surface area contributed by atoms with E-state index in [9.17, 15) is 4.79 Å². The van der Waals surface area contributed by atoms with Crippen LogP contribution in [0.25, 0.3) is 11.3 Å². The number of aromatic nitrogens is 2. The Labute approximate surface area is 161 Å². The standard InChI is InChI=1S/C21H18N2O3S/c1-14-11-17(15-5-3-2-4-6-15)23-21(22-14)27-13-18(24)16-7-8-19-20(12-16)26-10-9-25-19/h2-8,11-12H,9-10,13H2,1H3. The Kier molecular flexibility index (Phi) is 5.07. The van der Waals surface area contributed by atoms with Crippen molar-refractivity contribution in [1.82, 2.24) is 9.97 Å². The molecule has 0 spiro atoms.